The maximum absolute atomic E-state index is 12.0. The number of likely N-dealkylation sites (N-methyl/N-ethyl adjacent to an activating group) is 1. The predicted octanol–water partition coefficient (Wildman–Crippen LogP) is 0.703. The lowest BCUT2D eigenvalue weighted by atomic mass is 9.95. The van der Waals surface area contributed by atoms with Gasteiger partial charge in [0.25, 0.3) is 5.91 Å². The van der Waals surface area contributed by atoms with Crippen LogP contribution in [0.15, 0.2) is 12.4 Å². The van der Waals surface area contributed by atoms with Crippen LogP contribution in [0, 0.1) is 0 Å². The van der Waals surface area contributed by atoms with Gasteiger partial charge in [0, 0.05) is 25.3 Å². The number of halogens is 1. The fourth-order valence-corrected chi connectivity index (χ4v) is 2.64. The predicted molar refractivity (Wildman–Crippen MR) is 90.8 cm³/mol. The Hall–Kier alpha value is -1.60. The quantitative estimate of drug-likeness (QED) is 0.636. The molecule has 1 heterocycles. The lowest BCUT2D eigenvalue weighted by molar-refractivity contribution is -0.122. The van der Waals surface area contributed by atoms with E-state index in [4.69, 9.17) is 0 Å². The highest BCUT2D eigenvalue weighted by molar-refractivity contribution is 5.93. The van der Waals surface area contributed by atoms with Crippen LogP contribution in [0.5, 0.6) is 0 Å². The van der Waals surface area contributed by atoms with Gasteiger partial charge in [-0.2, -0.15) is 5.10 Å². The van der Waals surface area contributed by atoms with E-state index in [1.54, 1.807) is 6.20 Å². The first-order chi connectivity index (χ1) is 10.7. The molecule has 1 aliphatic carbocycles. The second-order valence-corrected chi connectivity index (χ2v) is 5.69. The van der Waals surface area contributed by atoms with E-state index in [9.17, 15) is 9.59 Å². The number of rotatable bonds is 7. The summed E-state index contributed by atoms with van der Waals surface area (Å²) in [5.41, 5.74) is 0.474. The zero-order valence-corrected chi connectivity index (χ0v) is 14.3. The van der Waals surface area contributed by atoms with Gasteiger partial charge in [0.2, 0.25) is 5.91 Å². The van der Waals surface area contributed by atoms with Crippen molar-refractivity contribution in [2.45, 2.75) is 44.7 Å². The van der Waals surface area contributed by atoms with Gasteiger partial charge in [0.15, 0.2) is 0 Å². The Kier molecular flexibility index (Phi) is 8.65. The van der Waals surface area contributed by atoms with E-state index >= 15 is 0 Å². The molecule has 0 atom stereocenters. The summed E-state index contributed by atoms with van der Waals surface area (Å²) >= 11 is 0. The summed E-state index contributed by atoms with van der Waals surface area (Å²) in [4.78, 5) is 23.8. The monoisotopic (exact) mass is 343 g/mol. The highest BCUT2D eigenvalue weighted by Crippen LogP contribution is 2.17. The van der Waals surface area contributed by atoms with Crippen LogP contribution in [0.2, 0.25) is 0 Å². The topological polar surface area (TPSA) is 88.0 Å². The first-order valence-corrected chi connectivity index (χ1v) is 7.93. The molecule has 0 aromatic carbocycles. The highest BCUT2D eigenvalue weighted by Gasteiger charge is 2.16. The molecule has 0 radical (unpaired) electrons. The lowest BCUT2D eigenvalue weighted by Gasteiger charge is -2.22. The summed E-state index contributed by atoms with van der Waals surface area (Å²) in [6.07, 6.45) is 8.84. The molecule has 0 bridgehead atoms. The van der Waals surface area contributed by atoms with E-state index in [0.29, 0.717) is 24.7 Å². The first-order valence-electron chi connectivity index (χ1n) is 7.93. The van der Waals surface area contributed by atoms with Gasteiger partial charge in [0.05, 0.1) is 11.8 Å². The Balaban J connectivity index is 0.00000264. The SMILES string of the molecule is CNCCNC(=O)c1cnn(CC(=O)NC2CCCCC2)c1.Cl. The number of carbonyl (C=O) groups is 2. The van der Waals surface area contributed by atoms with Crippen molar-refractivity contribution in [2.75, 3.05) is 20.1 Å². The molecule has 1 aromatic rings. The fraction of sp³-hybridized carbons (Fsp3) is 0.667. The molecule has 8 heteroatoms. The van der Waals surface area contributed by atoms with E-state index in [-0.39, 0.29) is 30.8 Å². The van der Waals surface area contributed by atoms with Crippen molar-refractivity contribution in [3.8, 4) is 0 Å². The molecule has 0 unspecified atom stereocenters. The smallest absolute Gasteiger partial charge is 0.254 e. The molecule has 1 aromatic heterocycles. The van der Waals surface area contributed by atoms with E-state index in [0.717, 1.165) is 12.8 Å². The summed E-state index contributed by atoms with van der Waals surface area (Å²) in [6.45, 7) is 1.42. The number of hydrogen-bond donors (Lipinski definition) is 3. The zero-order valence-electron chi connectivity index (χ0n) is 13.5. The second kappa shape index (κ2) is 10.2. The van der Waals surface area contributed by atoms with E-state index < -0.39 is 0 Å². The molecular formula is C15H26ClN5O2. The molecule has 23 heavy (non-hydrogen) atoms. The van der Waals surface area contributed by atoms with Gasteiger partial charge in [-0.1, -0.05) is 19.3 Å². The van der Waals surface area contributed by atoms with Crippen molar-refractivity contribution in [3.63, 3.8) is 0 Å². The number of carbonyl (C=O) groups excluding carboxylic acids is 2. The van der Waals surface area contributed by atoms with Crippen LogP contribution in [0.1, 0.15) is 42.5 Å². The molecule has 1 saturated carbocycles. The van der Waals surface area contributed by atoms with Gasteiger partial charge in [-0.3, -0.25) is 14.3 Å². The maximum atomic E-state index is 12.0. The second-order valence-electron chi connectivity index (χ2n) is 5.69. The minimum atomic E-state index is -0.172. The van der Waals surface area contributed by atoms with Gasteiger partial charge in [-0.05, 0) is 19.9 Å². The third-order valence-electron chi connectivity index (χ3n) is 3.83. The van der Waals surface area contributed by atoms with Crippen LogP contribution >= 0.6 is 12.4 Å². The van der Waals surface area contributed by atoms with Gasteiger partial charge in [-0.25, -0.2) is 0 Å². The van der Waals surface area contributed by atoms with Crippen molar-refractivity contribution >= 4 is 24.2 Å². The number of hydrogen-bond acceptors (Lipinski definition) is 4. The molecule has 7 nitrogen and oxygen atoms in total. The average Bonchev–Trinajstić information content (AvgIpc) is 2.97. The van der Waals surface area contributed by atoms with Gasteiger partial charge in [0.1, 0.15) is 6.54 Å². The van der Waals surface area contributed by atoms with Crippen molar-refractivity contribution in [2.24, 2.45) is 0 Å². The van der Waals surface area contributed by atoms with Crippen molar-refractivity contribution in [3.05, 3.63) is 18.0 Å². The number of amides is 2. The largest absolute Gasteiger partial charge is 0.352 e. The van der Waals surface area contributed by atoms with Crippen LogP contribution in [-0.4, -0.2) is 47.8 Å². The van der Waals surface area contributed by atoms with Crippen LogP contribution < -0.4 is 16.0 Å². The molecular weight excluding hydrogens is 318 g/mol. The molecule has 0 aliphatic heterocycles. The first kappa shape index (κ1) is 19.4. The lowest BCUT2D eigenvalue weighted by Crippen LogP contribution is -2.38. The number of aromatic nitrogens is 2. The van der Waals surface area contributed by atoms with Crippen LogP contribution in [0.3, 0.4) is 0 Å². The molecule has 2 rings (SSSR count). The summed E-state index contributed by atoms with van der Waals surface area (Å²) in [5, 5.41) is 12.9. The van der Waals surface area contributed by atoms with Crippen LogP contribution in [0.4, 0.5) is 0 Å². The molecule has 1 aliphatic rings. The summed E-state index contributed by atoms with van der Waals surface area (Å²) in [7, 11) is 1.83. The number of nitrogens with zero attached hydrogens (tertiary/aromatic N) is 2. The highest BCUT2D eigenvalue weighted by atomic mass is 35.5. The molecule has 0 saturated heterocycles. The van der Waals surface area contributed by atoms with E-state index in [1.807, 2.05) is 7.05 Å². The van der Waals surface area contributed by atoms with Crippen LogP contribution in [-0.2, 0) is 11.3 Å². The Bertz CT molecular complexity index is 500. The summed E-state index contributed by atoms with van der Waals surface area (Å²) in [5.74, 6) is -0.216. The summed E-state index contributed by atoms with van der Waals surface area (Å²) < 4.78 is 1.51. The molecule has 2 amide bonds. The Labute approximate surface area is 143 Å². The van der Waals surface area contributed by atoms with E-state index in [2.05, 4.69) is 21.0 Å². The van der Waals surface area contributed by atoms with Crippen molar-refractivity contribution < 1.29 is 9.59 Å². The van der Waals surface area contributed by atoms with Crippen LogP contribution in [0.25, 0.3) is 0 Å². The third-order valence-corrected chi connectivity index (χ3v) is 3.83. The van der Waals surface area contributed by atoms with Gasteiger partial charge < -0.3 is 16.0 Å². The van der Waals surface area contributed by atoms with Gasteiger partial charge >= 0.3 is 0 Å². The normalized spacial score (nSPS) is 14.8. The Morgan fingerprint density at radius 2 is 2.00 bits per heavy atom. The molecule has 130 valence electrons. The minimum absolute atomic E-state index is 0. The zero-order chi connectivity index (χ0) is 15.8. The third kappa shape index (κ3) is 6.58. The maximum Gasteiger partial charge on any atom is 0.254 e. The van der Waals surface area contributed by atoms with E-state index in [1.165, 1.54) is 30.1 Å². The molecule has 1 fully saturated rings. The number of nitrogens with one attached hydrogen (secondary N) is 3. The standard InChI is InChI=1S/C15H25N5O2.ClH/c1-16-7-8-17-15(22)12-9-18-20(10-12)11-14(21)19-13-5-3-2-4-6-13;/h9-10,13,16H,2-8,11H2,1H3,(H,17,22)(H,19,21);1H. The minimum Gasteiger partial charge on any atom is -0.352 e. The average molecular weight is 344 g/mol. The van der Waals surface area contributed by atoms with Crippen molar-refractivity contribution in [1.82, 2.24) is 25.7 Å². The Morgan fingerprint density at radius 3 is 2.70 bits per heavy atom. The fourth-order valence-electron chi connectivity index (χ4n) is 2.64. The Morgan fingerprint density at radius 1 is 1.26 bits per heavy atom. The molecule has 3 N–H and O–H groups in total. The van der Waals surface area contributed by atoms with Crippen molar-refractivity contribution in [1.29, 1.82) is 0 Å². The van der Waals surface area contributed by atoms with Gasteiger partial charge in [-0.15, -0.1) is 12.4 Å². The summed E-state index contributed by atoms with van der Waals surface area (Å²) in [6, 6.07) is 0.293. The molecule has 0 spiro atoms.